The van der Waals surface area contributed by atoms with Gasteiger partial charge in [0, 0.05) is 12.1 Å². The van der Waals surface area contributed by atoms with E-state index in [4.69, 9.17) is 5.73 Å². The quantitative estimate of drug-likeness (QED) is 0.817. The summed E-state index contributed by atoms with van der Waals surface area (Å²) in [5, 5.41) is 0. The number of rotatable bonds is 5. The van der Waals surface area contributed by atoms with Gasteiger partial charge in [0.15, 0.2) is 0 Å². The zero-order chi connectivity index (χ0) is 13.1. The first-order valence-corrected chi connectivity index (χ1v) is 6.51. The summed E-state index contributed by atoms with van der Waals surface area (Å²) in [6.45, 7) is 2.77. The molecule has 4 heteroatoms. The van der Waals surface area contributed by atoms with Crippen molar-refractivity contribution in [2.24, 2.45) is 5.73 Å². The lowest BCUT2D eigenvalue weighted by molar-refractivity contribution is -0.119. The third kappa shape index (κ3) is 2.38. The fourth-order valence-electron chi connectivity index (χ4n) is 2.36. The molecule has 0 radical (unpaired) electrons. The summed E-state index contributed by atoms with van der Waals surface area (Å²) in [5.74, 6) is -0.443. The molecule has 1 aliphatic rings. The molecule has 0 spiro atoms. The van der Waals surface area contributed by atoms with Crippen LogP contribution in [0.15, 0.2) is 18.2 Å². The van der Waals surface area contributed by atoms with Crippen molar-refractivity contribution in [2.45, 2.75) is 38.6 Å². The van der Waals surface area contributed by atoms with Gasteiger partial charge in [-0.15, -0.1) is 0 Å². The summed E-state index contributed by atoms with van der Waals surface area (Å²) in [6, 6.07) is 3.73. The van der Waals surface area contributed by atoms with Crippen LogP contribution >= 0.6 is 0 Å². The van der Waals surface area contributed by atoms with Gasteiger partial charge in [0.25, 0.3) is 0 Å². The third-order valence-electron chi connectivity index (χ3n) is 3.39. The Morgan fingerprint density at radius 3 is 2.83 bits per heavy atom. The van der Waals surface area contributed by atoms with Gasteiger partial charge in [0.2, 0.25) is 5.91 Å². The summed E-state index contributed by atoms with van der Waals surface area (Å²) in [4.78, 5) is 13.6. The van der Waals surface area contributed by atoms with Crippen molar-refractivity contribution in [2.75, 3.05) is 11.4 Å². The first-order valence-electron chi connectivity index (χ1n) is 6.51. The summed E-state index contributed by atoms with van der Waals surface area (Å²) in [5.41, 5.74) is 7.22. The van der Waals surface area contributed by atoms with Gasteiger partial charge in [-0.2, -0.15) is 0 Å². The van der Waals surface area contributed by atoms with Gasteiger partial charge >= 0.3 is 0 Å². The minimum absolute atomic E-state index is 0.118. The topological polar surface area (TPSA) is 46.3 Å². The van der Waals surface area contributed by atoms with E-state index in [1.807, 2.05) is 0 Å². The van der Waals surface area contributed by atoms with Gasteiger partial charge in [0.1, 0.15) is 11.9 Å². The van der Waals surface area contributed by atoms with Crippen LogP contribution in [-0.2, 0) is 4.79 Å². The van der Waals surface area contributed by atoms with E-state index in [9.17, 15) is 9.18 Å². The van der Waals surface area contributed by atoms with Crippen LogP contribution in [0, 0.1) is 5.82 Å². The van der Waals surface area contributed by atoms with E-state index in [0.717, 1.165) is 31.2 Å². The smallest absolute Gasteiger partial charge is 0.248 e. The van der Waals surface area contributed by atoms with Crippen molar-refractivity contribution in [3.8, 4) is 0 Å². The largest absolute Gasteiger partial charge is 0.316 e. The Hall–Kier alpha value is -1.42. The van der Waals surface area contributed by atoms with E-state index in [1.54, 1.807) is 11.0 Å². The maximum atomic E-state index is 13.3. The number of amides is 1. The molecule has 0 saturated heterocycles. The molecule has 0 aliphatic carbocycles. The molecular formula is C14H19FN2O. The molecule has 0 aromatic heterocycles. The summed E-state index contributed by atoms with van der Waals surface area (Å²) >= 11 is 0. The highest BCUT2D eigenvalue weighted by Gasteiger charge is 2.34. The molecule has 1 heterocycles. The van der Waals surface area contributed by atoms with Crippen LogP contribution in [0.5, 0.6) is 0 Å². The van der Waals surface area contributed by atoms with Gasteiger partial charge in [0.05, 0.1) is 5.69 Å². The van der Waals surface area contributed by atoms with Crippen LogP contribution in [0.1, 0.15) is 44.2 Å². The number of carbonyl (C=O) groups is 1. The van der Waals surface area contributed by atoms with Crippen molar-refractivity contribution in [3.05, 3.63) is 29.6 Å². The maximum Gasteiger partial charge on any atom is 0.248 e. The van der Waals surface area contributed by atoms with Gasteiger partial charge in [-0.3, -0.25) is 4.79 Å². The normalized spacial score (nSPS) is 18.3. The first kappa shape index (κ1) is 13.0. The zero-order valence-electron chi connectivity index (χ0n) is 10.7. The fourth-order valence-corrected chi connectivity index (χ4v) is 2.36. The predicted molar refractivity (Wildman–Crippen MR) is 69.8 cm³/mol. The van der Waals surface area contributed by atoms with Crippen LogP contribution in [0.2, 0.25) is 0 Å². The Morgan fingerprint density at radius 1 is 1.33 bits per heavy atom. The molecular weight excluding hydrogens is 231 g/mol. The molecule has 2 N–H and O–H groups in total. The molecule has 1 aromatic carbocycles. The van der Waals surface area contributed by atoms with Crippen molar-refractivity contribution in [1.82, 2.24) is 0 Å². The minimum atomic E-state index is -0.633. The lowest BCUT2D eigenvalue weighted by atomic mass is 10.1. The van der Waals surface area contributed by atoms with Gasteiger partial charge < -0.3 is 10.6 Å². The molecule has 1 unspecified atom stereocenters. The molecule has 1 aliphatic heterocycles. The first-order chi connectivity index (χ1) is 8.65. The number of anilines is 1. The maximum absolute atomic E-state index is 13.3. The Bertz CT molecular complexity index is 447. The Morgan fingerprint density at radius 2 is 2.11 bits per heavy atom. The van der Waals surface area contributed by atoms with E-state index >= 15 is 0 Å². The second-order valence-electron chi connectivity index (χ2n) is 4.73. The van der Waals surface area contributed by atoms with Crippen LogP contribution < -0.4 is 10.6 Å². The van der Waals surface area contributed by atoms with E-state index in [2.05, 4.69) is 6.92 Å². The average Bonchev–Trinajstić information content (AvgIpc) is 2.59. The number of nitrogens with two attached hydrogens (primary N) is 1. The molecule has 0 fully saturated rings. The number of benzene rings is 1. The van der Waals surface area contributed by atoms with Crippen molar-refractivity contribution in [3.63, 3.8) is 0 Å². The lowest BCUT2D eigenvalue weighted by Gasteiger charge is -2.17. The predicted octanol–water partition coefficient (Wildman–Crippen LogP) is 2.75. The van der Waals surface area contributed by atoms with Crippen molar-refractivity contribution >= 4 is 11.6 Å². The van der Waals surface area contributed by atoms with Crippen molar-refractivity contribution < 1.29 is 9.18 Å². The molecule has 18 heavy (non-hydrogen) atoms. The number of fused-ring (bicyclic) bond motifs is 1. The summed E-state index contributed by atoms with van der Waals surface area (Å²) in [6.07, 6.45) is 4.32. The Kier molecular flexibility index (Phi) is 3.97. The average molecular weight is 250 g/mol. The van der Waals surface area contributed by atoms with E-state index in [1.165, 1.54) is 12.1 Å². The fraction of sp³-hybridized carbons (Fsp3) is 0.500. The second kappa shape index (κ2) is 5.48. The number of carbonyl (C=O) groups excluding carboxylic acids is 1. The van der Waals surface area contributed by atoms with Gasteiger partial charge in [-0.1, -0.05) is 32.3 Å². The summed E-state index contributed by atoms with van der Waals surface area (Å²) < 4.78 is 13.3. The molecule has 2 rings (SSSR count). The molecule has 0 bridgehead atoms. The third-order valence-corrected chi connectivity index (χ3v) is 3.39. The number of nitrogens with zero attached hydrogens (tertiary/aromatic N) is 1. The number of hydrogen-bond acceptors (Lipinski definition) is 2. The standard InChI is InChI=1S/C14H19FN2O/c1-2-3-4-5-8-17-12-9-10(15)6-7-11(12)13(16)14(17)18/h6-7,9,13H,2-5,8,16H2,1H3. The van der Waals surface area contributed by atoms with E-state index in [-0.39, 0.29) is 11.7 Å². The number of unbranched alkanes of at least 4 members (excludes halogenated alkanes) is 3. The zero-order valence-corrected chi connectivity index (χ0v) is 10.7. The van der Waals surface area contributed by atoms with Crippen LogP contribution in [0.4, 0.5) is 10.1 Å². The summed E-state index contributed by atoms with van der Waals surface area (Å²) in [7, 11) is 0. The monoisotopic (exact) mass is 250 g/mol. The molecule has 98 valence electrons. The number of hydrogen-bond donors (Lipinski definition) is 1. The number of halogens is 1. The molecule has 3 nitrogen and oxygen atoms in total. The van der Waals surface area contributed by atoms with E-state index < -0.39 is 6.04 Å². The van der Waals surface area contributed by atoms with Crippen LogP contribution in [0.25, 0.3) is 0 Å². The van der Waals surface area contributed by atoms with Gasteiger partial charge in [-0.25, -0.2) is 4.39 Å². The molecule has 0 saturated carbocycles. The second-order valence-corrected chi connectivity index (χ2v) is 4.73. The highest BCUT2D eigenvalue weighted by atomic mass is 19.1. The van der Waals surface area contributed by atoms with Crippen LogP contribution in [0.3, 0.4) is 0 Å². The van der Waals surface area contributed by atoms with Crippen LogP contribution in [-0.4, -0.2) is 12.5 Å². The Labute approximate surface area is 107 Å². The molecule has 1 aromatic rings. The Balaban J connectivity index is 2.12. The highest BCUT2D eigenvalue weighted by molar-refractivity contribution is 6.04. The molecule has 1 amide bonds. The minimum Gasteiger partial charge on any atom is -0.316 e. The highest BCUT2D eigenvalue weighted by Crippen LogP contribution is 2.35. The van der Waals surface area contributed by atoms with Crippen molar-refractivity contribution in [1.29, 1.82) is 0 Å². The lowest BCUT2D eigenvalue weighted by Crippen LogP contribution is -2.32. The molecule has 1 atom stereocenters. The van der Waals surface area contributed by atoms with Gasteiger partial charge in [-0.05, 0) is 18.6 Å². The SMILES string of the molecule is CCCCCCN1C(=O)C(N)c2ccc(F)cc21. The van der Waals surface area contributed by atoms with E-state index in [0.29, 0.717) is 12.2 Å².